The maximum absolute atomic E-state index is 14.5. The van der Waals surface area contributed by atoms with Gasteiger partial charge in [0.2, 0.25) is 5.91 Å². The molecule has 0 radical (unpaired) electrons. The Hall–Kier alpha value is -3.62. The number of fused-ring (bicyclic) bond motifs is 1. The molecule has 39 heavy (non-hydrogen) atoms. The summed E-state index contributed by atoms with van der Waals surface area (Å²) in [5.74, 6) is -5.27. The van der Waals surface area contributed by atoms with Crippen LogP contribution in [0, 0.1) is 11.6 Å². The zero-order valence-electron chi connectivity index (χ0n) is 19.9. The number of benzene rings is 2. The Morgan fingerprint density at radius 2 is 1.92 bits per heavy atom. The summed E-state index contributed by atoms with van der Waals surface area (Å²) in [7, 11) is 0. The Morgan fingerprint density at radius 1 is 1.15 bits per heavy atom. The molecule has 1 fully saturated rings. The number of amides is 1. The number of alkyl halides is 4. The highest BCUT2D eigenvalue weighted by Gasteiger charge is 2.42. The van der Waals surface area contributed by atoms with Crippen LogP contribution in [0.4, 0.5) is 43.5 Å². The van der Waals surface area contributed by atoms with Gasteiger partial charge in [-0.1, -0.05) is 17.7 Å². The number of hydrogen-bond acceptors (Lipinski definition) is 7. The lowest BCUT2D eigenvalue weighted by molar-refractivity contribution is -0.133. The lowest BCUT2D eigenvalue weighted by atomic mass is 10.1. The van der Waals surface area contributed by atoms with Crippen molar-refractivity contribution in [3.8, 4) is 5.75 Å². The molecule has 15 heteroatoms. The molecule has 0 bridgehead atoms. The van der Waals surface area contributed by atoms with E-state index in [9.17, 15) is 31.1 Å². The Morgan fingerprint density at radius 3 is 2.64 bits per heavy atom. The summed E-state index contributed by atoms with van der Waals surface area (Å²) < 4.78 is 88.2. The van der Waals surface area contributed by atoms with Gasteiger partial charge < -0.3 is 20.1 Å². The average Bonchev–Trinajstić information content (AvgIpc) is 2.86. The molecule has 8 nitrogen and oxygen atoms in total. The minimum atomic E-state index is -3.00. The summed E-state index contributed by atoms with van der Waals surface area (Å²) in [6.45, 7) is -4.43. The maximum atomic E-state index is 14.5. The van der Waals surface area contributed by atoms with E-state index in [0.717, 1.165) is 24.5 Å². The van der Waals surface area contributed by atoms with Crippen LogP contribution in [-0.2, 0) is 9.53 Å². The smallest absolute Gasteiger partial charge is 0.345 e. The quantitative estimate of drug-likeness (QED) is 0.138. The molecule has 4 rings (SSSR count). The van der Waals surface area contributed by atoms with E-state index in [2.05, 4.69) is 25.3 Å². The average molecular weight is 576 g/mol. The highest BCUT2D eigenvalue weighted by Crippen LogP contribution is 2.35. The number of likely N-dealkylation sites (tertiary alicyclic amines) is 1. The number of nitrogens with zero attached hydrogens (tertiary/aromatic N) is 3. The lowest BCUT2D eigenvalue weighted by Crippen LogP contribution is -2.55. The molecule has 1 amide bonds. The highest BCUT2D eigenvalue weighted by molar-refractivity contribution is 6.31. The zero-order chi connectivity index (χ0) is 28.2. The van der Waals surface area contributed by atoms with Crippen LogP contribution < -0.4 is 15.4 Å². The monoisotopic (exact) mass is 575 g/mol. The second-order valence-electron chi connectivity index (χ2n) is 8.33. The van der Waals surface area contributed by atoms with Gasteiger partial charge in [0.05, 0.1) is 36.6 Å². The van der Waals surface area contributed by atoms with E-state index in [4.69, 9.17) is 16.3 Å². The standard InChI is InChI=1S/C24H20ClF6N5O3/c25-20-14(26)3-4-15(21(20)27)35-22-13-8-17(34-19(37)2-1-5-36-10-24(30,31)11-36)18(9-16(13)32-12-33-22)38-6-7-39-23(28)29/h1-4,8-9,12,23H,5-7,10-11H2,(H,34,37)(H,32,33,35)/b2-1+. The summed E-state index contributed by atoms with van der Waals surface area (Å²) >= 11 is 5.65. The first-order valence-electron chi connectivity index (χ1n) is 11.3. The SMILES string of the molecule is O=C(/C=C/CN1CC(F)(F)C1)Nc1cc2c(Nc3ccc(F)c(Cl)c3F)ncnc2cc1OCCOC(F)F. The van der Waals surface area contributed by atoms with Gasteiger partial charge in [-0.25, -0.2) is 27.5 Å². The third-order valence-corrected chi connectivity index (χ3v) is 5.76. The van der Waals surface area contributed by atoms with Crippen molar-refractivity contribution >= 4 is 45.6 Å². The number of nitrogens with one attached hydrogen (secondary N) is 2. The van der Waals surface area contributed by atoms with Crippen LogP contribution in [0.2, 0.25) is 5.02 Å². The van der Waals surface area contributed by atoms with Crippen LogP contribution >= 0.6 is 11.6 Å². The minimum Gasteiger partial charge on any atom is -0.489 e. The predicted molar refractivity (Wildman–Crippen MR) is 131 cm³/mol. The third kappa shape index (κ3) is 7.28. The molecule has 1 saturated heterocycles. The minimum absolute atomic E-state index is 0.0464. The van der Waals surface area contributed by atoms with Crippen molar-refractivity contribution < 1.29 is 40.6 Å². The molecule has 2 aromatic carbocycles. The fourth-order valence-electron chi connectivity index (χ4n) is 3.66. The van der Waals surface area contributed by atoms with Gasteiger partial charge in [0.1, 0.15) is 35.3 Å². The molecule has 0 unspecified atom stereocenters. The van der Waals surface area contributed by atoms with Gasteiger partial charge in [0.15, 0.2) is 5.82 Å². The Labute approximate surface area is 222 Å². The van der Waals surface area contributed by atoms with E-state index >= 15 is 0 Å². The molecule has 0 saturated carbocycles. The maximum Gasteiger partial charge on any atom is 0.345 e. The molecule has 2 heterocycles. The largest absolute Gasteiger partial charge is 0.489 e. The third-order valence-electron chi connectivity index (χ3n) is 5.41. The number of ether oxygens (including phenoxy) is 2. The van der Waals surface area contributed by atoms with E-state index in [0.29, 0.717) is 0 Å². The molecule has 2 N–H and O–H groups in total. The van der Waals surface area contributed by atoms with E-state index < -0.39 is 54.8 Å². The van der Waals surface area contributed by atoms with Crippen molar-refractivity contribution in [1.82, 2.24) is 14.9 Å². The van der Waals surface area contributed by atoms with Gasteiger partial charge in [-0.3, -0.25) is 9.69 Å². The van der Waals surface area contributed by atoms with E-state index in [1.165, 1.54) is 23.1 Å². The summed E-state index contributed by atoms with van der Waals surface area (Å²) in [5, 5.41) is 4.82. The van der Waals surface area contributed by atoms with Gasteiger partial charge >= 0.3 is 6.61 Å². The van der Waals surface area contributed by atoms with Crippen molar-refractivity contribution in [2.75, 3.05) is 43.5 Å². The van der Waals surface area contributed by atoms with Gasteiger partial charge in [0, 0.05) is 24.1 Å². The van der Waals surface area contributed by atoms with Crippen LogP contribution in [0.1, 0.15) is 0 Å². The number of halogens is 7. The Bertz CT molecular complexity index is 1390. The molecule has 0 aliphatic carbocycles. The van der Waals surface area contributed by atoms with Gasteiger partial charge in [-0.15, -0.1) is 0 Å². The second-order valence-corrected chi connectivity index (χ2v) is 8.71. The normalized spacial score (nSPS) is 15.1. The van der Waals surface area contributed by atoms with Crippen molar-refractivity contribution in [3.05, 3.63) is 59.4 Å². The molecule has 1 aromatic heterocycles. The molecular formula is C24H20ClF6N5O3. The first kappa shape index (κ1) is 28.4. The molecule has 0 atom stereocenters. The zero-order valence-corrected chi connectivity index (χ0v) is 20.6. The molecule has 208 valence electrons. The van der Waals surface area contributed by atoms with Gasteiger partial charge in [-0.2, -0.15) is 8.78 Å². The fraction of sp³-hybridized carbons (Fsp3) is 0.292. The Balaban J connectivity index is 1.58. The first-order valence-corrected chi connectivity index (χ1v) is 11.7. The van der Waals surface area contributed by atoms with Crippen LogP contribution in [0.15, 0.2) is 42.7 Å². The molecule has 1 aliphatic heterocycles. The van der Waals surface area contributed by atoms with Gasteiger partial charge in [0.25, 0.3) is 5.92 Å². The highest BCUT2D eigenvalue weighted by atomic mass is 35.5. The Kier molecular flexibility index (Phi) is 8.77. The van der Waals surface area contributed by atoms with Crippen LogP contribution in [0.3, 0.4) is 0 Å². The number of anilines is 3. The molecule has 1 aliphatic rings. The number of aromatic nitrogens is 2. The van der Waals surface area contributed by atoms with E-state index in [-0.39, 0.29) is 47.0 Å². The number of carbonyl (C=O) groups excluding carboxylic acids is 1. The summed E-state index contributed by atoms with van der Waals surface area (Å²) in [5.41, 5.74) is 0.147. The van der Waals surface area contributed by atoms with Crippen LogP contribution in [0.25, 0.3) is 10.9 Å². The molecule has 3 aromatic rings. The van der Waals surface area contributed by atoms with Crippen molar-refractivity contribution in [3.63, 3.8) is 0 Å². The van der Waals surface area contributed by atoms with Crippen LogP contribution in [-0.4, -0.2) is 66.2 Å². The number of hydrogen-bond donors (Lipinski definition) is 2. The molecule has 0 spiro atoms. The van der Waals surface area contributed by atoms with Crippen LogP contribution in [0.5, 0.6) is 5.75 Å². The fourth-order valence-corrected chi connectivity index (χ4v) is 3.82. The predicted octanol–water partition coefficient (Wildman–Crippen LogP) is 5.37. The lowest BCUT2D eigenvalue weighted by Gasteiger charge is -2.37. The van der Waals surface area contributed by atoms with Crippen molar-refractivity contribution in [2.45, 2.75) is 12.5 Å². The second kappa shape index (κ2) is 12.1. The number of carbonyl (C=O) groups is 1. The number of rotatable bonds is 11. The van der Waals surface area contributed by atoms with Crippen molar-refractivity contribution in [2.24, 2.45) is 0 Å². The van der Waals surface area contributed by atoms with E-state index in [1.54, 1.807) is 0 Å². The summed E-state index contributed by atoms with van der Waals surface area (Å²) in [6.07, 6.45) is 3.69. The van der Waals surface area contributed by atoms with Gasteiger partial charge in [-0.05, 0) is 18.2 Å². The molecular weight excluding hydrogens is 556 g/mol. The van der Waals surface area contributed by atoms with Crippen molar-refractivity contribution in [1.29, 1.82) is 0 Å². The summed E-state index contributed by atoms with van der Waals surface area (Å²) in [6, 6.07) is 4.86. The topological polar surface area (TPSA) is 88.6 Å². The summed E-state index contributed by atoms with van der Waals surface area (Å²) in [4.78, 5) is 22.2. The van der Waals surface area contributed by atoms with E-state index in [1.807, 2.05) is 0 Å². The first-order chi connectivity index (χ1) is 18.5.